The van der Waals surface area contributed by atoms with Crippen LogP contribution in [0, 0.1) is 0 Å². The van der Waals surface area contributed by atoms with Gasteiger partial charge in [0.2, 0.25) is 5.91 Å². The summed E-state index contributed by atoms with van der Waals surface area (Å²) < 4.78 is 22.1. The lowest BCUT2D eigenvalue weighted by molar-refractivity contribution is -0.139. The van der Waals surface area contributed by atoms with Crippen LogP contribution in [-0.4, -0.2) is 78.7 Å². The van der Waals surface area contributed by atoms with E-state index in [4.69, 9.17) is 18.9 Å². The molecule has 240 valence electrons. The van der Waals surface area contributed by atoms with Crippen molar-refractivity contribution >= 4 is 29.2 Å². The molecule has 3 atom stereocenters. The molecular weight excluding hydrogens is 600 g/mol. The van der Waals surface area contributed by atoms with E-state index >= 15 is 0 Å². The number of hydrogen-bond donors (Lipinski definition) is 4. The first kappa shape index (κ1) is 33.2. The monoisotopic (exact) mass is 638 g/mol. The molecule has 12 heteroatoms. The summed E-state index contributed by atoms with van der Waals surface area (Å²) in [5.41, 5.74) is 1.21. The van der Waals surface area contributed by atoms with Crippen LogP contribution in [-0.2, 0) is 20.7 Å². The number of aliphatic hydroxyl groups excluding tert-OH is 1. The number of thiophene rings is 1. The van der Waals surface area contributed by atoms with Gasteiger partial charge in [-0.1, -0.05) is 24.8 Å². The number of aromatic hydroxyl groups is 2. The third-order valence-corrected chi connectivity index (χ3v) is 8.38. The molecule has 0 spiro atoms. The van der Waals surface area contributed by atoms with E-state index in [0.29, 0.717) is 46.4 Å². The third-order valence-electron chi connectivity index (χ3n) is 7.44. The number of nitrogens with zero attached hydrogens (tertiary/aromatic N) is 1. The molecule has 1 fully saturated rings. The first-order valence-electron chi connectivity index (χ1n) is 14.3. The number of likely N-dealkylation sites (tertiary alicyclic amines) is 1. The molecule has 1 aliphatic heterocycles. The van der Waals surface area contributed by atoms with Crippen LogP contribution in [0.2, 0.25) is 0 Å². The average molecular weight is 639 g/mol. The van der Waals surface area contributed by atoms with Crippen LogP contribution in [0.3, 0.4) is 0 Å². The maximum Gasteiger partial charge on any atom is 0.251 e. The lowest BCUT2D eigenvalue weighted by Crippen LogP contribution is -2.47. The molecule has 3 unspecified atom stereocenters. The number of methoxy groups -OCH3 is 3. The molecule has 45 heavy (non-hydrogen) atoms. The third kappa shape index (κ3) is 8.08. The highest BCUT2D eigenvalue weighted by Crippen LogP contribution is 2.35. The van der Waals surface area contributed by atoms with Crippen LogP contribution in [0.15, 0.2) is 66.3 Å². The molecule has 1 aromatic heterocycles. The Balaban J connectivity index is 1.41. The highest BCUT2D eigenvalue weighted by molar-refractivity contribution is 7.10. The van der Waals surface area contributed by atoms with Crippen molar-refractivity contribution in [2.45, 2.75) is 37.5 Å². The van der Waals surface area contributed by atoms with Gasteiger partial charge >= 0.3 is 0 Å². The lowest BCUT2D eigenvalue weighted by atomic mass is 10.1. The standard InChI is InChI=1S/C33H38N2O9S/c1-20(44-14-6-8-22-18-28(42-3)29(43-4)19-27(22)41-2)23-9-5-13-35(23)33(40)31(30-10-7-15-45-30)34-32(39)26(38)17-21-11-12-24(36)25(37)16-21/h6-8,10-12,15-16,18-19,23,26,31,36-38H,1,5,9,13-14,17H2,2-4H3,(H,34,39)/b8-6+. The van der Waals surface area contributed by atoms with Crippen LogP contribution in [0.25, 0.3) is 6.08 Å². The predicted molar refractivity (Wildman–Crippen MR) is 170 cm³/mol. The Kier molecular flexibility index (Phi) is 11.3. The fraction of sp³-hybridized carbons (Fsp3) is 0.333. The minimum atomic E-state index is -1.49. The topological polar surface area (TPSA) is 147 Å². The fourth-order valence-corrected chi connectivity index (χ4v) is 5.87. The number of aliphatic hydroxyl groups is 1. The lowest BCUT2D eigenvalue weighted by Gasteiger charge is -2.30. The van der Waals surface area contributed by atoms with E-state index in [1.54, 1.807) is 62.0 Å². The van der Waals surface area contributed by atoms with E-state index in [0.717, 1.165) is 12.0 Å². The number of benzene rings is 2. The number of rotatable bonds is 14. The van der Waals surface area contributed by atoms with E-state index in [1.165, 1.54) is 29.5 Å². The molecule has 3 aromatic rings. The van der Waals surface area contributed by atoms with E-state index in [2.05, 4.69) is 11.9 Å². The number of carbonyl (C=O) groups excluding carboxylic acids is 2. The molecule has 4 rings (SSSR count). The molecule has 1 aliphatic rings. The quantitative estimate of drug-likeness (QED) is 0.151. The summed E-state index contributed by atoms with van der Waals surface area (Å²) in [6.07, 6.45) is 3.41. The summed E-state index contributed by atoms with van der Waals surface area (Å²) in [5.74, 6) is 0.395. The van der Waals surface area contributed by atoms with Crippen LogP contribution in [0.4, 0.5) is 0 Å². The summed E-state index contributed by atoms with van der Waals surface area (Å²) >= 11 is 1.32. The van der Waals surface area contributed by atoms with Gasteiger partial charge in [-0.25, -0.2) is 0 Å². The highest BCUT2D eigenvalue weighted by atomic mass is 32.1. The Morgan fingerprint density at radius 3 is 2.47 bits per heavy atom. The number of amides is 2. The van der Waals surface area contributed by atoms with Crippen molar-refractivity contribution in [3.8, 4) is 28.7 Å². The molecule has 0 bridgehead atoms. The molecule has 11 nitrogen and oxygen atoms in total. The van der Waals surface area contributed by atoms with Gasteiger partial charge in [0, 0.05) is 29.5 Å². The number of ether oxygens (including phenoxy) is 4. The number of phenolic OH excluding ortho intramolecular Hbond substituents is 2. The van der Waals surface area contributed by atoms with Gasteiger partial charge in [-0.2, -0.15) is 0 Å². The van der Waals surface area contributed by atoms with Gasteiger partial charge < -0.3 is 44.5 Å². The van der Waals surface area contributed by atoms with Gasteiger partial charge in [0.1, 0.15) is 30.3 Å². The maximum atomic E-state index is 13.9. The summed E-state index contributed by atoms with van der Waals surface area (Å²) in [6, 6.07) is 9.69. The summed E-state index contributed by atoms with van der Waals surface area (Å²) in [5, 5.41) is 34.4. The van der Waals surface area contributed by atoms with Crippen LogP contribution < -0.4 is 19.5 Å². The number of phenols is 2. The van der Waals surface area contributed by atoms with Gasteiger partial charge in [0.15, 0.2) is 23.0 Å². The van der Waals surface area contributed by atoms with Crippen molar-refractivity contribution in [3.05, 3.63) is 82.3 Å². The van der Waals surface area contributed by atoms with Crippen molar-refractivity contribution in [1.82, 2.24) is 10.2 Å². The van der Waals surface area contributed by atoms with Crippen LogP contribution in [0.5, 0.6) is 28.7 Å². The molecule has 2 amide bonds. The van der Waals surface area contributed by atoms with E-state index in [1.807, 2.05) is 6.08 Å². The summed E-state index contributed by atoms with van der Waals surface area (Å²) in [6.45, 7) is 4.74. The largest absolute Gasteiger partial charge is 0.504 e. The van der Waals surface area contributed by atoms with Crippen LogP contribution >= 0.6 is 11.3 Å². The minimum absolute atomic E-state index is 0.120. The zero-order chi connectivity index (χ0) is 32.5. The Morgan fingerprint density at radius 2 is 1.80 bits per heavy atom. The summed E-state index contributed by atoms with van der Waals surface area (Å²) in [7, 11) is 4.67. The molecule has 0 aliphatic carbocycles. The van der Waals surface area contributed by atoms with E-state index < -0.39 is 24.1 Å². The molecule has 0 saturated carbocycles. The number of carbonyl (C=O) groups is 2. The Morgan fingerprint density at radius 1 is 1.07 bits per heavy atom. The van der Waals surface area contributed by atoms with Crippen molar-refractivity contribution in [2.24, 2.45) is 0 Å². The van der Waals surface area contributed by atoms with Gasteiger partial charge in [0.05, 0.1) is 27.4 Å². The second-order valence-corrected chi connectivity index (χ2v) is 11.3. The first-order valence-corrected chi connectivity index (χ1v) is 15.2. The Labute approximate surface area is 265 Å². The Hall–Kier alpha value is -4.68. The average Bonchev–Trinajstić information content (AvgIpc) is 3.76. The fourth-order valence-electron chi connectivity index (χ4n) is 5.10. The van der Waals surface area contributed by atoms with Crippen molar-refractivity contribution in [2.75, 3.05) is 34.5 Å². The molecule has 4 N–H and O–H groups in total. The van der Waals surface area contributed by atoms with Gasteiger partial charge in [-0.15, -0.1) is 11.3 Å². The van der Waals surface area contributed by atoms with Gasteiger partial charge in [-0.05, 0) is 54.1 Å². The number of nitrogens with one attached hydrogen (secondary N) is 1. The maximum absolute atomic E-state index is 13.9. The van der Waals surface area contributed by atoms with Crippen molar-refractivity contribution in [3.63, 3.8) is 0 Å². The van der Waals surface area contributed by atoms with Gasteiger partial charge in [0.25, 0.3) is 5.91 Å². The first-order chi connectivity index (χ1) is 21.7. The summed E-state index contributed by atoms with van der Waals surface area (Å²) in [4.78, 5) is 29.2. The second kappa shape index (κ2) is 15.4. The SMILES string of the molecule is C=C(OC/C=C/c1cc(OC)c(OC)cc1OC)C1CCCN1C(=O)C(NC(=O)C(O)Cc1ccc(O)c(O)c1)c1cccs1. The van der Waals surface area contributed by atoms with E-state index in [-0.39, 0.29) is 30.4 Å². The molecular formula is C33H38N2O9S. The van der Waals surface area contributed by atoms with Crippen molar-refractivity contribution in [1.29, 1.82) is 0 Å². The molecule has 2 aromatic carbocycles. The molecule has 2 heterocycles. The zero-order valence-electron chi connectivity index (χ0n) is 25.4. The Bertz CT molecular complexity index is 1520. The molecule has 0 radical (unpaired) electrons. The zero-order valence-corrected chi connectivity index (χ0v) is 26.2. The van der Waals surface area contributed by atoms with Crippen molar-refractivity contribution < 1.29 is 43.9 Å². The minimum Gasteiger partial charge on any atom is -0.504 e. The smallest absolute Gasteiger partial charge is 0.251 e. The normalized spacial score (nSPS) is 15.8. The predicted octanol–water partition coefficient (Wildman–Crippen LogP) is 4.18. The van der Waals surface area contributed by atoms with E-state index in [9.17, 15) is 24.9 Å². The highest BCUT2D eigenvalue weighted by Gasteiger charge is 2.37. The molecule has 1 saturated heterocycles. The number of hydrogen-bond acceptors (Lipinski definition) is 10. The second-order valence-electron chi connectivity index (χ2n) is 10.3. The van der Waals surface area contributed by atoms with Crippen LogP contribution in [0.1, 0.15) is 34.9 Å². The van der Waals surface area contributed by atoms with Gasteiger partial charge in [-0.3, -0.25) is 9.59 Å².